The summed E-state index contributed by atoms with van der Waals surface area (Å²) in [6.07, 6.45) is 0.705. The van der Waals surface area contributed by atoms with E-state index in [-0.39, 0.29) is 0 Å². The average molecular weight is 703 g/mol. The van der Waals surface area contributed by atoms with Crippen molar-refractivity contribution in [3.8, 4) is 34.4 Å². The summed E-state index contributed by atoms with van der Waals surface area (Å²) >= 11 is 3.58. The fraction of sp³-hybridized carbons (Fsp3) is 0.0435. The van der Waals surface area contributed by atoms with Gasteiger partial charge in [-0.25, -0.2) is 0 Å². The van der Waals surface area contributed by atoms with Crippen molar-refractivity contribution in [2.75, 3.05) is 9.80 Å². The molecule has 246 valence electrons. The van der Waals surface area contributed by atoms with Crippen LogP contribution in [0.3, 0.4) is 0 Å². The number of hydrogen-bond acceptors (Lipinski definition) is 6. The highest BCUT2D eigenvalue weighted by Crippen LogP contribution is 2.59. The van der Waals surface area contributed by atoms with Crippen molar-refractivity contribution in [1.82, 2.24) is 0 Å². The Hall–Kier alpha value is -6.18. The van der Waals surface area contributed by atoms with Crippen molar-refractivity contribution in [2.24, 2.45) is 0 Å². The van der Waals surface area contributed by atoms with Crippen LogP contribution in [0.4, 0.5) is 34.1 Å². The number of para-hydroxylation sites is 4. The maximum atomic E-state index is 10.1. The predicted molar refractivity (Wildman–Crippen MR) is 214 cm³/mol. The van der Waals surface area contributed by atoms with E-state index in [9.17, 15) is 10.5 Å². The number of rotatable bonds is 5. The molecule has 0 atom stereocenters. The molecule has 7 aromatic rings. The van der Waals surface area contributed by atoms with Gasteiger partial charge >= 0.3 is 0 Å². The molecule has 0 aromatic heterocycles. The van der Waals surface area contributed by atoms with E-state index in [0.717, 1.165) is 61.9 Å². The minimum Gasteiger partial charge on any atom is -0.308 e. The molecule has 0 saturated carbocycles. The van der Waals surface area contributed by atoms with Gasteiger partial charge in [0.15, 0.2) is 0 Å². The van der Waals surface area contributed by atoms with Crippen LogP contribution in [-0.4, -0.2) is 0 Å². The number of fused-ring (bicyclic) bond motifs is 4. The average Bonchev–Trinajstić information content (AvgIpc) is 3.21. The van der Waals surface area contributed by atoms with E-state index < -0.39 is 0 Å². The summed E-state index contributed by atoms with van der Waals surface area (Å²) in [7, 11) is 0. The Kier molecular flexibility index (Phi) is 8.05. The minimum atomic E-state index is 0.605. The van der Waals surface area contributed by atoms with Gasteiger partial charge in [-0.1, -0.05) is 103 Å². The Bertz CT molecular complexity index is 2360. The van der Waals surface area contributed by atoms with E-state index in [1.54, 1.807) is 23.5 Å². The number of nitrogens with zero attached hydrogens (tertiary/aromatic N) is 4. The molecule has 4 nitrogen and oxygen atoms in total. The van der Waals surface area contributed by atoms with E-state index >= 15 is 0 Å². The first-order chi connectivity index (χ1) is 25.7. The molecule has 0 saturated heterocycles. The van der Waals surface area contributed by atoms with Crippen LogP contribution in [0.5, 0.6) is 0 Å². The van der Waals surface area contributed by atoms with Gasteiger partial charge < -0.3 is 9.80 Å². The highest BCUT2D eigenvalue weighted by atomic mass is 32.2. The predicted octanol–water partition coefficient (Wildman–Crippen LogP) is 13.2. The Morgan fingerprint density at radius 1 is 0.442 bits per heavy atom. The first-order valence-electron chi connectivity index (χ1n) is 17.2. The summed E-state index contributed by atoms with van der Waals surface area (Å²) in [6.45, 7) is 2.21. The number of benzene rings is 7. The standard InChI is InChI=1S/C46H30N4S2/c1-2-34-45(32-15-11-13-30(25-32)28-47)39(49-35-17-3-7-21-41(35)51-42-22-8-4-18-36(42)49)27-40(46(34)33-16-12-14-31(26-33)29-48)50-37-19-5-9-23-43(37)52-44-24-10-6-20-38(44)50/h3-27H,2H2,1H3. The van der Waals surface area contributed by atoms with Crippen LogP contribution >= 0.6 is 23.5 Å². The van der Waals surface area contributed by atoms with Gasteiger partial charge in [0.25, 0.3) is 0 Å². The van der Waals surface area contributed by atoms with Crippen molar-refractivity contribution < 1.29 is 0 Å². The third kappa shape index (κ3) is 5.24. The van der Waals surface area contributed by atoms with Gasteiger partial charge in [-0.15, -0.1) is 0 Å². The molecular weight excluding hydrogens is 673 g/mol. The van der Waals surface area contributed by atoms with Crippen LogP contribution in [0.25, 0.3) is 22.3 Å². The number of anilines is 6. The lowest BCUT2D eigenvalue weighted by atomic mass is 9.85. The summed E-state index contributed by atoms with van der Waals surface area (Å²) in [5.41, 5.74) is 12.9. The van der Waals surface area contributed by atoms with Crippen molar-refractivity contribution in [1.29, 1.82) is 10.5 Å². The fourth-order valence-corrected chi connectivity index (χ4v) is 9.59. The van der Waals surface area contributed by atoms with E-state index in [2.05, 4.69) is 144 Å². The van der Waals surface area contributed by atoms with E-state index in [1.165, 1.54) is 19.6 Å². The summed E-state index contributed by atoms with van der Waals surface area (Å²) < 4.78 is 0. The van der Waals surface area contributed by atoms with Crippen LogP contribution in [0.15, 0.2) is 171 Å². The maximum Gasteiger partial charge on any atom is 0.0991 e. The van der Waals surface area contributed by atoms with Gasteiger partial charge in [0.1, 0.15) is 0 Å². The van der Waals surface area contributed by atoms with Crippen LogP contribution in [-0.2, 0) is 6.42 Å². The van der Waals surface area contributed by atoms with E-state index in [1.807, 2.05) is 36.4 Å². The molecule has 0 N–H and O–H groups in total. The second-order valence-electron chi connectivity index (χ2n) is 12.6. The van der Waals surface area contributed by atoms with Crippen molar-refractivity contribution >= 4 is 57.6 Å². The van der Waals surface area contributed by atoms with E-state index in [4.69, 9.17) is 0 Å². The molecule has 0 bridgehead atoms. The Balaban J connectivity index is 1.47. The van der Waals surface area contributed by atoms with Gasteiger partial charge in [0.05, 0.1) is 57.4 Å². The Morgan fingerprint density at radius 2 is 0.808 bits per heavy atom. The van der Waals surface area contributed by atoms with Crippen LogP contribution in [0, 0.1) is 22.7 Å². The van der Waals surface area contributed by atoms with Crippen molar-refractivity contribution in [3.63, 3.8) is 0 Å². The van der Waals surface area contributed by atoms with Crippen LogP contribution < -0.4 is 9.80 Å². The van der Waals surface area contributed by atoms with Gasteiger partial charge in [-0.3, -0.25) is 0 Å². The molecule has 6 heteroatoms. The molecule has 7 aromatic carbocycles. The van der Waals surface area contributed by atoms with Gasteiger partial charge in [-0.2, -0.15) is 10.5 Å². The second kappa shape index (κ2) is 13.2. The lowest BCUT2D eigenvalue weighted by Crippen LogP contribution is -2.20. The topological polar surface area (TPSA) is 54.1 Å². The molecular formula is C46H30N4S2. The van der Waals surface area contributed by atoms with Crippen molar-refractivity contribution in [3.05, 3.63) is 168 Å². The quantitative estimate of drug-likeness (QED) is 0.178. The highest BCUT2D eigenvalue weighted by molar-refractivity contribution is 8.00. The monoisotopic (exact) mass is 702 g/mol. The zero-order valence-corrected chi connectivity index (χ0v) is 29.9. The second-order valence-corrected chi connectivity index (χ2v) is 14.8. The Morgan fingerprint density at radius 3 is 1.15 bits per heavy atom. The summed E-state index contributed by atoms with van der Waals surface area (Å²) in [6, 6.07) is 57.4. The molecule has 52 heavy (non-hydrogen) atoms. The largest absolute Gasteiger partial charge is 0.308 e. The molecule has 0 amide bonds. The Labute approximate surface area is 312 Å². The van der Waals surface area contributed by atoms with Gasteiger partial charge in [0, 0.05) is 30.7 Å². The molecule has 0 unspecified atom stereocenters. The van der Waals surface area contributed by atoms with Gasteiger partial charge in [-0.05, 0) is 102 Å². The first kappa shape index (κ1) is 31.8. The number of nitriles is 2. The van der Waals surface area contributed by atoms with Crippen LogP contribution in [0.1, 0.15) is 23.6 Å². The number of hydrogen-bond donors (Lipinski definition) is 0. The van der Waals surface area contributed by atoms with E-state index in [0.29, 0.717) is 17.5 Å². The summed E-state index contributed by atoms with van der Waals surface area (Å²) in [5.74, 6) is 0. The smallest absolute Gasteiger partial charge is 0.0991 e. The molecule has 0 radical (unpaired) electrons. The molecule has 2 aliphatic rings. The fourth-order valence-electron chi connectivity index (χ4n) is 7.48. The molecule has 0 fully saturated rings. The molecule has 2 aliphatic heterocycles. The molecule has 0 spiro atoms. The zero-order valence-electron chi connectivity index (χ0n) is 28.2. The third-order valence-corrected chi connectivity index (χ3v) is 11.9. The van der Waals surface area contributed by atoms with Crippen LogP contribution in [0.2, 0.25) is 0 Å². The highest BCUT2D eigenvalue weighted by Gasteiger charge is 2.33. The summed E-state index contributed by atoms with van der Waals surface area (Å²) in [4.78, 5) is 9.51. The third-order valence-electron chi connectivity index (χ3n) is 9.65. The molecule has 0 aliphatic carbocycles. The molecule has 9 rings (SSSR count). The van der Waals surface area contributed by atoms with Gasteiger partial charge in [0.2, 0.25) is 0 Å². The molecule has 2 heterocycles. The van der Waals surface area contributed by atoms with Crippen molar-refractivity contribution in [2.45, 2.75) is 32.9 Å². The summed E-state index contributed by atoms with van der Waals surface area (Å²) in [5, 5.41) is 20.2. The zero-order chi connectivity index (χ0) is 35.2. The maximum absolute atomic E-state index is 10.1. The lowest BCUT2D eigenvalue weighted by Gasteiger charge is -2.39. The SMILES string of the molecule is CCc1c(-c2cccc(C#N)c2)c(N2c3ccccc3Sc3ccccc32)cc(N2c3ccccc3Sc3ccccc32)c1-c1cccc(C#N)c1. The first-order valence-corrected chi connectivity index (χ1v) is 18.8. The minimum absolute atomic E-state index is 0.605. The normalized spacial score (nSPS) is 12.5. The lowest BCUT2D eigenvalue weighted by molar-refractivity contribution is 1.10.